The molecule has 1 aromatic rings. The summed E-state index contributed by atoms with van der Waals surface area (Å²) < 4.78 is 6.25. The first-order valence-corrected chi connectivity index (χ1v) is 7.61. The lowest BCUT2D eigenvalue weighted by Gasteiger charge is -2.30. The Balaban J connectivity index is 1.98. The van der Waals surface area contributed by atoms with Gasteiger partial charge in [-0.3, -0.25) is 4.98 Å². The van der Waals surface area contributed by atoms with E-state index in [9.17, 15) is 0 Å². The van der Waals surface area contributed by atoms with Crippen LogP contribution >= 0.6 is 0 Å². The summed E-state index contributed by atoms with van der Waals surface area (Å²) in [5, 5.41) is 3.42. The van der Waals surface area contributed by atoms with Crippen LogP contribution in [-0.2, 0) is 6.54 Å². The molecule has 0 aliphatic heterocycles. The van der Waals surface area contributed by atoms with Crippen molar-refractivity contribution >= 4 is 0 Å². The Bertz CT molecular complexity index is 381. The molecule has 2 atom stereocenters. The van der Waals surface area contributed by atoms with Crippen molar-refractivity contribution < 1.29 is 4.74 Å². The zero-order valence-corrected chi connectivity index (χ0v) is 12.2. The molecule has 1 N–H and O–H groups in total. The fraction of sp³-hybridized carbons (Fsp3) is 0.688. The van der Waals surface area contributed by atoms with E-state index in [1.165, 1.54) is 31.2 Å². The van der Waals surface area contributed by atoms with Crippen LogP contribution in [0.5, 0.6) is 5.75 Å². The van der Waals surface area contributed by atoms with E-state index < -0.39 is 0 Å². The van der Waals surface area contributed by atoms with Gasteiger partial charge in [0.2, 0.25) is 0 Å². The number of nitrogens with zero attached hydrogens (tertiary/aromatic N) is 1. The first-order chi connectivity index (χ1) is 9.31. The molecule has 1 aliphatic rings. The number of hydrogen-bond acceptors (Lipinski definition) is 3. The van der Waals surface area contributed by atoms with E-state index in [0.717, 1.165) is 25.3 Å². The quantitative estimate of drug-likeness (QED) is 0.796. The molecule has 3 heteroatoms. The van der Waals surface area contributed by atoms with E-state index in [4.69, 9.17) is 4.74 Å². The predicted octanol–water partition coefficient (Wildman–Crippen LogP) is 3.54. The molecular formula is C16H26N2O. The highest BCUT2D eigenvalue weighted by Gasteiger charge is 2.23. The molecule has 1 aliphatic carbocycles. The lowest BCUT2D eigenvalue weighted by molar-refractivity contribution is 0.101. The summed E-state index contributed by atoms with van der Waals surface area (Å²) in [6, 6.07) is 2.00. The summed E-state index contributed by atoms with van der Waals surface area (Å²) >= 11 is 0. The monoisotopic (exact) mass is 262 g/mol. The van der Waals surface area contributed by atoms with Gasteiger partial charge in [-0.2, -0.15) is 0 Å². The zero-order valence-electron chi connectivity index (χ0n) is 12.2. The first-order valence-electron chi connectivity index (χ1n) is 7.61. The Labute approximate surface area is 116 Å². The lowest BCUT2D eigenvalue weighted by Crippen LogP contribution is -2.29. The van der Waals surface area contributed by atoms with Gasteiger partial charge in [0.05, 0.1) is 0 Å². The molecule has 1 aromatic heterocycles. The SMILES string of the molecule is CCCNCc1cnccc1OC1CCCCC1C. The van der Waals surface area contributed by atoms with Crippen LogP contribution in [0.15, 0.2) is 18.5 Å². The fourth-order valence-electron chi connectivity index (χ4n) is 2.68. The molecule has 0 saturated heterocycles. The molecule has 0 radical (unpaired) electrons. The molecule has 0 aromatic carbocycles. The Hall–Kier alpha value is -1.09. The normalized spacial score (nSPS) is 23.3. The van der Waals surface area contributed by atoms with Crippen molar-refractivity contribution in [1.29, 1.82) is 0 Å². The number of aromatic nitrogens is 1. The maximum atomic E-state index is 6.25. The number of ether oxygens (including phenoxy) is 1. The van der Waals surface area contributed by atoms with Crippen LogP contribution in [0.2, 0.25) is 0 Å². The first kappa shape index (κ1) is 14.3. The number of pyridine rings is 1. The van der Waals surface area contributed by atoms with Crippen LogP contribution < -0.4 is 10.1 Å². The Morgan fingerprint density at radius 1 is 1.37 bits per heavy atom. The van der Waals surface area contributed by atoms with Gasteiger partial charge in [-0.25, -0.2) is 0 Å². The van der Waals surface area contributed by atoms with Gasteiger partial charge in [0.25, 0.3) is 0 Å². The predicted molar refractivity (Wildman–Crippen MR) is 78.3 cm³/mol. The van der Waals surface area contributed by atoms with Crippen molar-refractivity contribution in [2.75, 3.05) is 6.54 Å². The van der Waals surface area contributed by atoms with Gasteiger partial charge in [-0.05, 0) is 44.2 Å². The molecular weight excluding hydrogens is 236 g/mol. The minimum absolute atomic E-state index is 0.376. The third kappa shape index (κ3) is 4.20. The van der Waals surface area contributed by atoms with Crippen molar-refractivity contribution in [3.05, 3.63) is 24.0 Å². The van der Waals surface area contributed by atoms with Gasteiger partial charge in [-0.1, -0.05) is 20.3 Å². The summed E-state index contributed by atoms with van der Waals surface area (Å²) in [6.45, 7) is 6.36. The third-order valence-electron chi connectivity index (χ3n) is 3.91. The molecule has 0 amide bonds. The summed E-state index contributed by atoms with van der Waals surface area (Å²) in [6.07, 6.45) is 10.4. The molecule has 1 heterocycles. The molecule has 1 saturated carbocycles. The average molecular weight is 262 g/mol. The highest BCUT2D eigenvalue weighted by atomic mass is 16.5. The summed E-state index contributed by atoms with van der Waals surface area (Å²) in [5.74, 6) is 1.68. The highest BCUT2D eigenvalue weighted by molar-refractivity contribution is 5.30. The molecule has 1 fully saturated rings. The largest absolute Gasteiger partial charge is 0.490 e. The molecule has 2 unspecified atom stereocenters. The third-order valence-corrected chi connectivity index (χ3v) is 3.91. The van der Waals surface area contributed by atoms with Crippen molar-refractivity contribution in [1.82, 2.24) is 10.3 Å². The van der Waals surface area contributed by atoms with Crippen LogP contribution in [0.1, 0.15) is 51.5 Å². The molecule has 0 spiro atoms. The minimum atomic E-state index is 0.376. The van der Waals surface area contributed by atoms with Gasteiger partial charge in [0.15, 0.2) is 0 Å². The average Bonchev–Trinajstić information content (AvgIpc) is 2.43. The van der Waals surface area contributed by atoms with Gasteiger partial charge in [0, 0.05) is 24.5 Å². The second-order valence-electron chi connectivity index (χ2n) is 5.58. The topological polar surface area (TPSA) is 34.2 Å². The van der Waals surface area contributed by atoms with Crippen molar-refractivity contribution in [3.63, 3.8) is 0 Å². The molecule has 19 heavy (non-hydrogen) atoms. The van der Waals surface area contributed by atoms with Gasteiger partial charge < -0.3 is 10.1 Å². The van der Waals surface area contributed by atoms with Gasteiger partial charge >= 0.3 is 0 Å². The number of nitrogens with one attached hydrogen (secondary N) is 1. The van der Waals surface area contributed by atoms with E-state index >= 15 is 0 Å². The highest BCUT2D eigenvalue weighted by Crippen LogP contribution is 2.29. The Morgan fingerprint density at radius 2 is 2.21 bits per heavy atom. The summed E-state index contributed by atoms with van der Waals surface area (Å²) in [7, 11) is 0. The van der Waals surface area contributed by atoms with E-state index in [1.807, 2.05) is 18.5 Å². The van der Waals surface area contributed by atoms with E-state index in [1.54, 1.807) is 0 Å². The molecule has 3 nitrogen and oxygen atoms in total. The fourth-order valence-corrected chi connectivity index (χ4v) is 2.68. The van der Waals surface area contributed by atoms with Crippen LogP contribution in [0, 0.1) is 5.92 Å². The second-order valence-corrected chi connectivity index (χ2v) is 5.58. The van der Waals surface area contributed by atoms with Crippen molar-refractivity contribution in [2.45, 2.75) is 58.6 Å². The van der Waals surface area contributed by atoms with Crippen LogP contribution in [-0.4, -0.2) is 17.6 Å². The van der Waals surface area contributed by atoms with Crippen LogP contribution in [0.25, 0.3) is 0 Å². The van der Waals surface area contributed by atoms with E-state index in [2.05, 4.69) is 24.1 Å². The summed E-state index contributed by atoms with van der Waals surface area (Å²) in [5.41, 5.74) is 1.17. The Morgan fingerprint density at radius 3 is 3.00 bits per heavy atom. The second kappa shape index (κ2) is 7.49. The number of hydrogen-bond donors (Lipinski definition) is 1. The smallest absolute Gasteiger partial charge is 0.127 e. The molecule has 106 valence electrons. The maximum absolute atomic E-state index is 6.25. The van der Waals surface area contributed by atoms with E-state index in [0.29, 0.717) is 12.0 Å². The Kier molecular flexibility index (Phi) is 5.64. The molecule has 2 rings (SSSR count). The van der Waals surface area contributed by atoms with Crippen molar-refractivity contribution in [3.8, 4) is 5.75 Å². The molecule has 0 bridgehead atoms. The standard InChI is InChI=1S/C16H26N2O/c1-3-9-17-11-14-12-18-10-8-16(14)19-15-7-5-4-6-13(15)2/h8,10,12-13,15,17H,3-7,9,11H2,1-2H3. The number of rotatable bonds is 6. The minimum Gasteiger partial charge on any atom is -0.490 e. The van der Waals surface area contributed by atoms with Crippen molar-refractivity contribution in [2.24, 2.45) is 5.92 Å². The maximum Gasteiger partial charge on any atom is 0.127 e. The lowest BCUT2D eigenvalue weighted by atomic mass is 9.88. The van der Waals surface area contributed by atoms with E-state index in [-0.39, 0.29) is 0 Å². The zero-order chi connectivity index (χ0) is 13.5. The van der Waals surface area contributed by atoms with Gasteiger partial charge in [0.1, 0.15) is 11.9 Å². The van der Waals surface area contributed by atoms with Gasteiger partial charge in [-0.15, -0.1) is 0 Å². The summed E-state index contributed by atoms with van der Waals surface area (Å²) in [4.78, 5) is 4.22. The van der Waals surface area contributed by atoms with Crippen LogP contribution in [0.4, 0.5) is 0 Å². The van der Waals surface area contributed by atoms with Crippen LogP contribution in [0.3, 0.4) is 0 Å².